The van der Waals surface area contributed by atoms with Gasteiger partial charge in [-0.25, -0.2) is 4.79 Å². The van der Waals surface area contributed by atoms with E-state index < -0.39 is 11.9 Å². The Labute approximate surface area is 113 Å². The summed E-state index contributed by atoms with van der Waals surface area (Å²) in [5.74, 6) is 1.78. The molecule has 0 saturated heterocycles. The van der Waals surface area contributed by atoms with Crippen molar-refractivity contribution in [2.45, 2.75) is 51.6 Å². The molecule has 4 bridgehead atoms. The normalized spacial score (nSPS) is 43.3. The smallest absolute Gasteiger partial charge is 0.339 e. The Bertz CT molecular complexity index is 373. The molecule has 0 aromatic carbocycles. The molecule has 0 aromatic rings. The van der Waals surface area contributed by atoms with Crippen LogP contribution in [0.15, 0.2) is 0 Å². The summed E-state index contributed by atoms with van der Waals surface area (Å²) in [4.78, 5) is 22.2. The topological polar surface area (TPSA) is 52.6 Å². The van der Waals surface area contributed by atoms with Crippen molar-refractivity contribution < 1.29 is 19.1 Å². The summed E-state index contributed by atoms with van der Waals surface area (Å²) in [6.45, 7) is 3.29. The summed E-state index contributed by atoms with van der Waals surface area (Å²) in [5, 5.41) is 0. The minimum Gasteiger partial charge on any atom is -0.392 e. The van der Waals surface area contributed by atoms with Gasteiger partial charge < -0.3 is 9.47 Å². The van der Waals surface area contributed by atoms with Crippen LogP contribution in [0.25, 0.3) is 0 Å². The first-order chi connectivity index (χ1) is 8.97. The van der Waals surface area contributed by atoms with Crippen molar-refractivity contribution in [3.63, 3.8) is 0 Å². The maximum absolute atomic E-state index is 11.5. The second-order valence-corrected chi connectivity index (χ2v) is 6.74. The van der Waals surface area contributed by atoms with E-state index in [1.165, 1.54) is 39.0 Å². The van der Waals surface area contributed by atoms with E-state index in [0.29, 0.717) is 11.8 Å². The number of esters is 2. The van der Waals surface area contributed by atoms with Crippen molar-refractivity contribution in [1.82, 2.24) is 0 Å². The van der Waals surface area contributed by atoms with Crippen LogP contribution in [0.4, 0.5) is 0 Å². The van der Waals surface area contributed by atoms with Gasteiger partial charge in [-0.05, 0) is 62.7 Å². The van der Waals surface area contributed by atoms with Gasteiger partial charge in [0.25, 0.3) is 0 Å². The lowest BCUT2D eigenvalue weighted by molar-refractivity contribution is -0.202. The highest BCUT2D eigenvalue weighted by Gasteiger charge is 2.55. The molecule has 0 spiro atoms. The van der Waals surface area contributed by atoms with Crippen LogP contribution in [0.5, 0.6) is 0 Å². The fraction of sp³-hybridized carbons (Fsp3) is 0.867. The maximum Gasteiger partial charge on any atom is 0.339 e. The molecule has 0 amide bonds. The van der Waals surface area contributed by atoms with Crippen LogP contribution in [-0.4, -0.2) is 24.1 Å². The number of carbonyl (C=O) groups is 2. The van der Waals surface area contributed by atoms with Crippen molar-refractivity contribution in [2.75, 3.05) is 6.61 Å². The summed E-state index contributed by atoms with van der Waals surface area (Å²) in [7, 11) is 0. The zero-order valence-corrected chi connectivity index (χ0v) is 11.7. The van der Waals surface area contributed by atoms with Crippen molar-refractivity contribution in [3.8, 4) is 0 Å². The van der Waals surface area contributed by atoms with Crippen LogP contribution in [0.3, 0.4) is 0 Å². The van der Waals surface area contributed by atoms with Gasteiger partial charge in [-0.1, -0.05) is 0 Å². The molecule has 4 aliphatic rings. The van der Waals surface area contributed by atoms with E-state index in [1.54, 1.807) is 0 Å². The molecule has 4 rings (SSSR count). The van der Waals surface area contributed by atoms with Crippen LogP contribution < -0.4 is 0 Å². The monoisotopic (exact) mass is 266 g/mol. The molecule has 0 aromatic heterocycles. The highest BCUT2D eigenvalue weighted by molar-refractivity contribution is 5.84. The van der Waals surface area contributed by atoms with Gasteiger partial charge >= 0.3 is 11.9 Å². The van der Waals surface area contributed by atoms with E-state index in [1.807, 2.05) is 0 Å². The Balaban J connectivity index is 1.63. The summed E-state index contributed by atoms with van der Waals surface area (Å²) < 4.78 is 10.5. The molecule has 0 aliphatic heterocycles. The van der Waals surface area contributed by atoms with Gasteiger partial charge in [-0.3, -0.25) is 4.79 Å². The van der Waals surface area contributed by atoms with Gasteiger partial charge in [0.05, 0.1) is 5.60 Å². The molecule has 19 heavy (non-hydrogen) atoms. The first-order valence-corrected chi connectivity index (χ1v) is 7.32. The average molecular weight is 266 g/mol. The second-order valence-electron chi connectivity index (χ2n) is 6.74. The van der Waals surface area contributed by atoms with Crippen LogP contribution >= 0.6 is 0 Å². The minimum atomic E-state index is -0.567. The summed E-state index contributed by atoms with van der Waals surface area (Å²) in [6.07, 6.45) is 6.36. The summed E-state index contributed by atoms with van der Waals surface area (Å²) in [6, 6.07) is 0. The Morgan fingerprint density at radius 3 is 2.05 bits per heavy atom. The number of ether oxygens (including phenoxy) is 2. The van der Waals surface area contributed by atoms with E-state index >= 15 is 0 Å². The largest absolute Gasteiger partial charge is 0.392 e. The third-order valence-electron chi connectivity index (χ3n) is 5.52. The highest BCUT2D eigenvalue weighted by Crippen LogP contribution is 2.59. The van der Waals surface area contributed by atoms with Crippen molar-refractivity contribution in [1.29, 1.82) is 0 Å². The van der Waals surface area contributed by atoms with Gasteiger partial charge in [0.15, 0.2) is 0 Å². The number of carbonyl (C=O) groups excluding carboxylic acids is 2. The van der Waals surface area contributed by atoms with Crippen molar-refractivity contribution in [2.24, 2.45) is 23.7 Å². The first-order valence-electron chi connectivity index (χ1n) is 7.32. The molecule has 4 saturated carbocycles. The highest BCUT2D eigenvalue weighted by atomic mass is 16.6. The number of hydrogen-bond acceptors (Lipinski definition) is 4. The first kappa shape index (κ1) is 13.1. The quantitative estimate of drug-likeness (QED) is 0.581. The standard InChI is InChI=1S/C15H22O4/c1-9(16)19-14(17)8-18-15(2)12-4-10-3-11(6-12)7-13(15)5-10/h10-13H,3-8H2,1-2H3. The molecule has 0 radical (unpaired) electrons. The van der Waals surface area contributed by atoms with Crippen LogP contribution in [-0.2, 0) is 19.1 Å². The fourth-order valence-electron chi connectivity index (χ4n) is 4.76. The van der Waals surface area contributed by atoms with Gasteiger partial charge in [0.1, 0.15) is 6.61 Å². The van der Waals surface area contributed by atoms with Crippen molar-refractivity contribution >= 4 is 11.9 Å². The molecular weight excluding hydrogens is 244 g/mol. The van der Waals surface area contributed by atoms with E-state index in [2.05, 4.69) is 11.7 Å². The van der Waals surface area contributed by atoms with Gasteiger partial charge in [0.2, 0.25) is 0 Å². The third-order valence-corrected chi connectivity index (χ3v) is 5.52. The molecular formula is C15H22O4. The molecule has 0 N–H and O–H groups in total. The summed E-state index contributed by atoms with van der Waals surface area (Å²) >= 11 is 0. The predicted octanol–water partition coefficient (Wildman–Crippen LogP) is 2.31. The van der Waals surface area contributed by atoms with Gasteiger partial charge in [0, 0.05) is 6.92 Å². The third kappa shape index (κ3) is 2.31. The van der Waals surface area contributed by atoms with Crippen LogP contribution in [0, 0.1) is 23.7 Å². The summed E-state index contributed by atoms with van der Waals surface area (Å²) in [5.41, 5.74) is -0.191. The van der Waals surface area contributed by atoms with Crippen molar-refractivity contribution in [3.05, 3.63) is 0 Å². The lowest BCUT2D eigenvalue weighted by atomic mass is 9.50. The van der Waals surface area contributed by atoms with E-state index in [-0.39, 0.29) is 12.2 Å². The van der Waals surface area contributed by atoms with Gasteiger partial charge in [-0.15, -0.1) is 0 Å². The van der Waals surface area contributed by atoms with Crippen LogP contribution in [0.2, 0.25) is 0 Å². The molecule has 0 unspecified atom stereocenters. The molecule has 0 atom stereocenters. The lowest BCUT2D eigenvalue weighted by Gasteiger charge is -2.59. The molecule has 4 aliphatic carbocycles. The molecule has 4 fully saturated rings. The molecule has 4 heteroatoms. The maximum atomic E-state index is 11.5. The zero-order chi connectivity index (χ0) is 13.6. The molecule has 4 nitrogen and oxygen atoms in total. The lowest BCUT2D eigenvalue weighted by Crippen LogP contribution is -2.57. The Morgan fingerprint density at radius 2 is 1.58 bits per heavy atom. The Hall–Kier alpha value is -0.900. The predicted molar refractivity (Wildman–Crippen MR) is 68.2 cm³/mol. The second kappa shape index (κ2) is 4.58. The van der Waals surface area contributed by atoms with Gasteiger partial charge in [-0.2, -0.15) is 0 Å². The minimum absolute atomic E-state index is 0.0988. The Kier molecular flexibility index (Phi) is 3.16. The van der Waals surface area contributed by atoms with Crippen LogP contribution in [0.1, 0.15) is 46.0 Å². The number of hydrogen-bond donors (Lipinski definition) is 0. The molecule has 106 valence electrons. The zero-order valence-electron chi connectivity index (χ0n) is 11.7. The molecule has 0 heterocycles. The average Bonchev–Trinajstić information content (AvgIpc) is 2.32. The van der Waals surface area contributed by atoms with E-state index in [9.17, 15) is 9.59 Å². The number of rotatable bonds is 3. The van der Waals surface area contributed by atoms with E-state index in [4.69, 9.17) is 4.74 Å². The fourth-order valence-corrected chi connectivity index (χ4v) is 4.76. The Morgan fingerprint density at radius 1 is 1.05 bits per heavy atom. The van der Waals surface area contributed by atoms with E-state index in [0.717, 1.165) is 11.8 Å². The SMILES string of the molecule is CC(=O)OC(=O)COC1(C)C2CC3CC(C2)CC1C3.